The highest BCUT2D eigenvalue weighted by Gasteiger charge is 2.50. The molecule has 1 aliphatic carbocycles. The summed E-state index contributed by atoms with van der Waals surface area (Å²) in [6, 6.07) is 3.66. The maximum atomic E-state index is 13.5. The van der Waals surface area contributed by atoms with E-state index >= 15 is 0 Å². The van der Waals surface area contributed by atoms with Gasteiger partial charge >= 0.3 is 5.69 Å². The second kappa shape index (κ2) is 4.77. The van der Waals surface area contributed by atoms with Crippen LogP contribution < -0.4 is 10.5 Å². The van der Waals surface area contributed by atoms with Crippen molar-refractivity contribution in [2.75, 3.05) is 0 Å². The van der Waals surface area contributed by atoms with Gasteiger partial charge in [0, 0.05) is 30.0 Å². The Morgan fingerprint density at radius 2 is 2.32 bits per heavy atom. The summed E-state index contributed by atoms with van der Waals surface area (Å²) in [7, 11) is 0. The highest BCUT2D eigenvalue weighted by atomic mass is 19.1. The highest BCUT2D eigenvalue weighted by Crippen LogP contribution is 2.45. The van der Waals surface area contributed by atoms with Crippen LogP contribution in [0.1, 0.15) is 26.7 Å². The number of nitrogens with two attached hydrogens (primary N) is 1. The van der Waals surface area contributed by atoms with Crippen LogP contribution >= 0.6 is 0 Å². The van der Waals surface area contributed by atoms with Crippen LogP contribution in [0.15, 0.2) is 18.2 Å². The fourth-order valence-electron chi connectivity index (χ4n) is 2.39. The van der Waals surface area contributed by atoms with Crippen molar-refractivity contribution in [1.29, 1.82) is 0 Å². The third-order valence-corrected chi connectivity index (χ3v) is 4.21. The molecular weight excluding hydrogens is 251 g/mol. The fraction of sp³-hybridized carbons (Fsp3) is 0.538. The standard InChI is InChI=1S/C13H17FN2O3/c1-3-13(2)11(15)7-12(13)19-8-4-5-10(16(17)18)9(14)6-8/h4-6,11-12H,3,7,15H2,1-2H3. The summed E-state index contributed by atoms with van der Waals surface area (Å²) >= 11 is 0. The van der Waals surface area contributed by atoms with Crippen LogP contribution in [0.5, 0.6) is 5.75 Å². The van der Waals surface area contributed by atoms with E-state index in [4.69, 9.17) is 10.5 Å². The van der Waals surface area contributed by atoms with E-state index in [-0.39, 0.29) is 17.6 Å². The Hall–Kier alpha value is -1.69. The third kappa shape index (κ3) is 2.28. The van der Waals surface area contributed by atoms with Gasteiger partial charge in [0.15, 0.2) is 0 Å². The average molecular weight is 268 g/mol. The molecule has 0 spiro atoms. The van der Waals surface area contributed by atoms with Gasteiger partial charge < -0.3 is 10.5 Å². The lowest BCUT2D eigenvalue weighted by Gasteiger charge is -2.51. The van der Waals surface area contributed by atoms with Gasteiger partial charge in [0.25, 0.3) is 0 Å². The predicted octanol–water partition coefficient (Wildman–Crippen LogP) is 2.63. The van der Waals surface area contributed by atoms with Crippen molar-refractivity contribution in [2.24, 2.45) is 11.1 Å². The normalized spacial score (nSPS) is 29.7. The van der Waals surface area contributed by atoms with Gasteiger partial charge in [-0.15, -0.1) is 0 Å². The Kier molecular flexibility index (Phi) is 3.45. The minimum absolute atomic E-state index is 0.0744. The molecule has 19 heavy (non-hydrogen) atoms. The molecule has 2 N–H and O–H groups in total. The lowest BCUT2D eigenvalue weighted by molar-refractivity contribution is -0.387. The Morgan fingerprint density at radius 3 is 2.79 bits per heavy atom. The van der Waals surface area contributed by atoms with Crippen LogP contribution in [-0.4, -0.2) is 17.1 Å². The SMILES string of the molecule is CCC1(C)C(N)CC1Oc1ccc([N+](=O)[O-])c(F)c1. The van der Waals surface area contributed by atoms with Gasteiger partial charge in [0.05, 0.1) is 4.92 Å². The zero-order chi connectivity index (χ0) is 14.2. The molecule has 2 rings (SSSR count). The number of rotatable bonds is 4. The molecule has 1 aromatic carbocycles. The number of ether oxygens (including phenoxy) is 1. The number of nitro benzene ring substituents is 1. The number of hydrogen-bond donors (Lipinski definition) is 1. The first-order valence-corrected chi connectivity index (χ1v) is 6.24. The molecule has 0 aliphatic heterocycles. The second-order valence-electron chi connectivity index (χ2n) is 5.18. The van der Waals surface area contributed by atoms with Crippen molar-refractivity contribution in [1.82, 2.24) is 0 Å². The molecule has 0 saturated heterocycles. The monoisotopic (exact) mass is 268 g/mol. The van der Waals surface area contributed by atoms with Crippen LogP contribution in [0.3, 0.4) is 0 Å². The van der Waals surface area contributed by atoms with Crippen molar-refractivity contribution in [3.63, 3.8) is 0 Å². The molecule has 1 aliphatic rings. The van der Waals surface area contributed by atoms with Crippen molar-refractivity contribution in [3.05, 3.63) is 34.1 Å². The Morgan fingerprint density at radius 1 is 1.63 bits per heavy atom. The topological polar surface area (TPSA) is 78.4 Å². The van der Waals surface area contributed by atoms with Crippen LogP contribution in [0, 0.1) is 21.3 Å². The van der Waals surface area contributed by atoms with Gasteiger partial charge in [-0.25, -0.2) is 0 Å². The van der Waals surface area contributed by atoms with Gasteiger partial charge in [-0.3, -0.25) is 10.1 Å². The van der Waals surface area contributed by atoms with E-state index in [0.717, 1.165) is 18.6 Å². The zero-order valence-corrected chi connectivity index (χ0v) is 10.9. The third-order valence-electron chi connectivity index (χ3n) is 4.21. The highest BCUT2D eigenvalue weighted by molar-refractivity contribution is 5.38. The molecule has 5 nitrogen and oxygen atoms in total. The maximum absolute atomic E-state index is 13.5. The van der Waals surface area contributed by atoms with E-state index in [0.29, 0.717) is 12.2 Å². The summed E-state index contributed by atoms with van der Waals surface area (Å²) in [4.78, 5) is 9.77. The smallest absolute Gasteiger partial charge is 0.305 e. The lowest BCUT2D eigenvalue weighted by Crippen LogP contribution is -2.61. The molecular formula is C13H17FN2O3. The maximum Gasteiger partial charge on any atom is 0.305 e. The first-order valence-electron chi connectivity index (χ1n) is 6.24. The van der Waals surface area contributed by atoms with E-state index in [1.807, 2.05) is 13.8 Å². The number of nitrogens with zero attached hydrogens (tertiary/aromatic N) is 1. The minimum Gasteiger partial charge on any atom is -0.490 e. The molecule has 0 heterocycles. The molecule has 1 fully saturated rings. The molecule has 104 valence electrons. The molecule has 1 saturated carbocycles. The van der Waals surface area contributed by atoms with Crippen LogP contribution in [0.2, 0.25) is 0 Å². The molecule has 6 heteroatoms. The first kappa shape index (κ1) is 13.7. The van der Waals surface area contributed by atoms with Gasteiger partial charge in [-0.2, -0.15) is 4.39 Å². The summed E-state index contributed by atoms with van der Waals surface area (Å²) in [5, 5.41) is 10.5. The van der Waals surface area contributed by atoms with E-state index in [1.165, 1.54) is 6.07 Å². The molecule has 0 bridgehead atoms. The quantitative estimate of drug-likeness (QED) is 0.672. The van der Waals surface area contributed by atoms with E-state index in [1.54, 1.807) is 0 Å². The fourth-order valence-corrected chi connectivity index (χ4v) is 2.39. The van der Waals surface area contributed by atoms with Gasteiger partial charge in [0.1, 0.15) is 11.9 Å². The number of nitro groups is 1. The van der Waals surface area contributed by atoms with Crippen molar-refractivity contribution in [2.45, 2.75) is 38.8 Å². The largest absolute Gasteiger partial charge is 0.490 e. The summed E-state index contributed by atoms with van der Waals surface area (Å²) in [6.07, 6.45) is 1.51. The van der Waals surface area contributed by atoms with Crippen LogP contribution in [0.25, 0.3) is 0 Å². The zero-order valence-electron chi connectivity index (χ0n) is 10.9. The first-order chi connectivity index (χ1) is 8.88. The van der Waals surface area contributed by atoms with Crippen molar-refractivity contribution in [3.8, 4) is 5.75 Å². The number of halogens is 1. The summed E-state index contributed by atoms with van der Waals surface area (Å²) in [5.74, 6) is -0.580. The van der Waals surface area contributed by atoms with Crippen molar-refractivity contribution >= 4 is 5.69 Å². The summed E-state index contributed by atoms with van der Waals surface area (Å²) in [5.41, 5.74) is 5.29. The number of benzene rings is 1. The average Bonchev–Trinajstić information content (AvgIpc) is 2.37. The van der Waals surface area contributed by atoms with Gasteiger partial charge in [-0.1, -0.05) is 13.8 Å². The van der Waals surface area contributed by atoms with E-state index in [9.17, 15) is 14.5 Å². The second-order valence-corrected chi connectivity index (χ2v) is 5.18. The molecule has 3 unspecified atom stereocenters. The molecule has 3 atom stereocenters. The Balaban J connectivity index is 2.13. The van der Waals surface area contributed by atoms with E-state index < -0.39 is 16.4 Å². The lowest BCUT2D eigenvalue weighted by atomic mass is 9.62. The molecule has 0 aromatic heterocycles. The minimum atomic E-state index is -0.885. The predicted molar refractivity (Wildman–Crippen MR) is 68.5 cm³/mol. The summed E-state index contributed by atoms with van der Waals surface area (Å²) < 4.78 is 19.2. The van der Waals surface area contributed by atoms with Gasteiger partial charge in [0.2, 0.25) is 5.82 Å². The van der Waals surface area contributed by atoms with E-state index in [2.05, 4.69) is 0 Å². The Bertz CT molecular complexity index is 509. The van der Waals surface area contributed by atoms with Crippen molar-refractivity contribution < 1.29 is 14.1 Å². The van der Waals surface area contributed by atoms with Crippen LogP contribution in [0.4, 0.5) is 10.1 Å². The Labute approximate surface area is 110 Å². The van der Waals surface area contributed by atoms with Crippen LogP contribution in [-0.2, 0) is 0 Å². The summed E-state index contributed by atoms with van der Waals surface area (Å²) in [6.45, 7) is 4.07. The molecule has 0 amide bonds. The molecule has 0 radical (unpaired) electrons. The van der Waals surface area contributed by atoms with Gasteiger partial charge in [-0.05, 0) is 12.5 Å². The number of hydrogen-bond acceptors (Lipinski definition) is 4. The molecule has 1 aromatic rings.